The molecule has 0 aliphatic heterocycles. The molecule has 2 rings (SSSR count). The lowest BCUT2D eigenvalue weighted by molar-refractivity contribution is -0.861. The molecule has 0 saturated heterocycles. The summed E-state index contributed by atoms with van der Waals surface area (Å²) in [5, 5.41) is 21.3. The fraction of sp³-hybridized carbons (Fsp3) is 0.294. The second kappa shape index (κ2) is 8.26. The number of non-ortho nitro benzene ring substituents is 1. The molecule has 0 fully saturated rings. The maximum Gasteiger partial charge on any atom is 0.271 e. The first-order chi connectivity index (χ1) is 12.2. The van der Waals surface area contributed by atoms with Crippen LogP contribution in [0.3, 0.4) is 0 Å². The molecular weight excluding hydrogens is 358 g/mol. The molecule has 0 heterocycles. The van der Waals surface area contributed by atoms with Crippen LogP contribution in [0.4, 0.5) is 11.4 Å². The number of nitro benzene ring substituents is 1. The zero-order valence-electron chi connectivity index (χ0n) is 14.6. The molecule has 0 aliphatic carbocycles. The first kappa shape index (κ1) is 19.8. The van der Waals surface area contributed by atoms with Crippen molar-refractivity contribution >= 4 is 21.4 Å². The number of benzene rings is 2. The monoisotopic (exact) mass is 380 g/mol. The van der Waals surface area contributed by atoms with E-state index in [0.717, 1.165) is 9.21 Å². The average molecular weight is 380 g/mol. The predicted octanol–water partition coefficient (Wildman–Crippen LogP) is 0.296. The lowest BCUT2D eigenvalue weighted by Crippen LogP contribution is -3.07. The number of nitrogens with one attached hydrogen (secondary N) is 1. The van der Waals surface area contributed by atoms with E-state index in [4.69, 9.17) is 0 Å². The molecular formula is C17H22N3O5S+. The van der Waals surface area contributed by atoms with Gasteiger partial charge in [0.05, 0.1) is 36.1 Å². The molecule has 1 unspecified atom stereocenters. The molecule has 0 spiro atoms. The number of hydrogen-bond acceptors (Lipinski definition) is 5. The van der Waals surface area contributed by atoms with E-state index in [2.05, 4.69) is 0 Å². The summed E-state index contributed by atoms with van der Waals surface area (Å²) in [6, 6.07) is 13.2. The van der Waals surface area contributed by atoms with Crippen LogP contribution in [0.1, 0.15) is 0 Å². The van der Waals surface area contributed by atoms with Gasteiger partial charge in [-0.15, -0.1) is 0 Å². The van der Waals surface area contributed by atoms with E-state index in [9.17, 15) is 23.6 Å². The molecule has 2 aromatic carbocycles. The molecule has 0 aromatic heterocycles. The van der Waals surface area contributed by atoms with Crippen molar-refractivity contribution in [3.05, 3.63) is 64.7 Å². The number of sulfonamides is 1. The quantitative estimate of drug-likeness (QED) is 0.506. The Labute approximate surface area is 152 Å². The second-order valence-corrected chi connectivity index (χ2v) is 8.05. The Morgan fingerprint density at radius 3 is 2.38 bits per heavy atom. The largest absolute Gasteiger partial charge is 0.385 e. The normalized spacial score (nSPS) is 12.8. The molecule has 8 nitrogen and oxygen atoms in total. The minimum atomic E-state index is -3.99. The highest BCUT2D eigenvalue weighted by Gasteiger charge is 2.28. The van der Waals surface area contributed by atoms with Crippen LogP contribution in [0, 0.1) is 10.1 Å². The number of aliphatic hydroxyl groups excluding tert-OH is 1. The zero-order valence-corrected chi connectivity index (χ0v) is 15.4. The molecule has 1 atom stereocenters. The van der Waals surface area contributed by atoms with Crippen LogP contribution in [-0.4, -0.2) is 51.7 Å². The van der Waals surface area contributed by atoms with Crippen molar-refractivity contribution in [1.82, 2.24) is 0 Å². The fourth-order valence-electron chi connectivity index (χ4n) is 2.55. The third kappa shape index (κ3) is 4.78. The van der Waals surface area contributed by atoms with Crippen LogP contribution < -0.4 is 9.21 Å². The van der Waals surface area contributed by atoms with Gasteiger partial charge in [0.2, 0.25) is 0 Å². The molecule has 0 aliphatic rings. The van der Waals surface area contributed by atoms with E-state index in [1.807, 2.05) is 14.1 Å². The fourth-order valence-corrected chi connectivity index (χ4v) is 4.07. The second-order valence-electron chi connectivity index (χ2n) is 6.19. The summed E-state index contributed by atoms with van der Waals surface area (Å²) in [6.45, 7) is 0.124. The molecule has 26 heavy (non-hydrogen) atoms. The van der Waals surface area contributed by atoms with Gasteiger partial charge in [0.25, 0.3) is 15.7 Å². The number of nitro groups is 1. The molecule has 2 aromatic rings. The Hall–Kier alpha value is -2.49. The Morgan fingerprint density at radius 1 is 1.15 bits per heavy atom. The topological polar surface area (TPSA) is 105 Å². The summed E-state index contributed by atoms with van der Waals surface area (Å²) in [7, 11) is -0.306. The van der Waals surface area contributed by atoms with Crippen molar-refractivity contribution < 1.29 is 23.3 Å². The summed E-state index contributed by atoms with van der Waals surface area (Å²) < 4.78 is 27.2. The Morgan fingerprint density at radius 2 is 1.81 bits per heavy atom. The number of aliphatic hydroxyl groups is 1. The lowest BCUT2D eigenvalue weighted by Gasteiger charge is -2.27. The highest BCUT2D eigenvalue weighted by molar-refractivity contribution is 7.92. The van der Waals surface area contributed by atoms with Crippen molar-refractivity contribution in [3.8, 4) is 0 Å². The third-order valence-electron chi connectivity index (χ3n) is 3.68. The van der Waals surface area contributed by atoms with E-state index >= 15 is 0 Å². The average Bonchev–Trinajstić information content (AvgIpc) is 2.59. The number of hydrogen-bond donors (Lipinski definition) is 2. The van der Waals surface area contributed by atoms with Crippen molar-refractivity contribution in [3.63, 3.8) is 0 Å². The van der Waals surface area contributed by atoms with E-state index in [1.165, 1.54) is 36.4 Å². The van der Waals surface area contributed by atoms with E-state index in [0.29, 0.717) is 6.54 Å². The van der Waals surface area contributed by atoms with Crippen molar-refractivity contribution in [2.75, 3.05) is 31.5 Å². The van der Waals surface area contributed by atoms with Crippen LogP contribution in [0.2, 0.25) is 0 Å². The highest BCUT2D eigenvalue weighted by Crippen LogP contribution is 2.27. The van der Waals surface area contributed by atoms with Gasteiger partial charge in [0.1, 0.15) is 12.6 Å². The summed E-state index contributed by atoms with van der Waals surface area (Å²) in [4.78, 5) is 11.5. The molecule has 140 valence electrons. The minimum absolute atomic E-state index is 0.0518. The van der Waals surface area contributed by atoms with Gasteiger partial charge in [-0.2, -0.15) is 0 Å². The number of nitrogens with zero attached hydrogens (tertiary/aromatic N) is 2. The first-order valence-electron chi connectivity index (χ1n) is 8.01. The number of quaternary nitrogens is 1. The molecule has 0 radical (unpaired) electrons. The van der Waals surface area contributed by atoms with Gasteiger partial charge in [-0.05, 0) is 18.2 Å². The van der Waals surface area contributed by atoms with Gasteiger partial charge in [0, 0.05) is 12.1 Å². The van der Waals surface area contributed by atoms with Crippen molar-refractivity contribution in [1.29, 1.82) is 0 Å². The van der Waals surface area contributed by atoms with Crippen LogP contribution in [0.5, 0.6) is 0 Å². The van der Waals surface area contributed by atoms with Gasteiger partial charge in [0.15, 0.2) is 0 Å². The maximum absolute atomic E-state index is 13.1. The van der Waals surface area contributed by atoms with E-state index in [-0.39, 0.29) is 22.8 Å². The summed E-state index contributed by atoms with van der Waals surface area (Å²) in [5.41, 5.74) is -0.0839. The molecule has 0 amide bonds. The molecule has 0 saturated carbocycles. The lowest BCUT2D eigenvalue weighted by atomic mass is 10.2. The number of anilines is 1. The summed E-state index contributed by atoms with van der Waals surface area (Å²) in [5.74, 6) is 0. The van der Waals surface area contributed by atoms with E-state index in [1.54, 1.807) is 18.2 Å². The standard InChI is InChI=1S/C17H21N3O5S/c1-18(2)12-16(21)13-19(14-7-6-8-15(11-14)20(22)23)26(24,25)17-9-4-3-5-10-17/h3-11,16,21H,12-13H2,1-2H3/p+1. The first-order valence-corrected chi connectivity index (χ1v) is 9.45. The van der Waals surface area contributed by atoms with Crippen molar-refractivity contribution in [2.24, 2.45) is 0 Å². The Balaban J connectivity index is 2.49. The third-order valence-corrected chi connectivity index (χ3v) is 5.49. The summed E-state index contributed by atoms with van der Waals surface area (Å²) in [6.07, 6.45) is -0.933. The number of likely N-dealkylation sites (N-methyl/N-ethyl adjacent to an activating group) is 1. The predicted molar refractivity (Wildman–Crippen MR) is 97.8 cm³/mol. The smallest absolute Gasteiger partial charge is 0.271 e. The number of rotatable bonds is 8. The van der Waals surface area contributed by atoms with Crippen LogP contribution in [0.15, 0.2) is 59.5 Å². The maximum atomic E-state index is 13.1. The van der Waals surface area contributed by atoms with Gasteiger partial charge >= 0.3 is 0 Å². The van der Waals surface area contributed by atoms with Gasteiger partial charge in [-0.1, -0.05) is 24.3 Å². The molecule has 0 bridgehead atoms. The minimum Gasteiger partial charge on any atom is -0.385 e. The molecule has 9 heteroatoms. The Bertz CT molecular complexity index is 856. The molecule has 2 N–H and O–H groups in total. The van der Waals surface area contributed by atoms with Crippen LogP contribution >= 0.6 is 0 Å². The van der Waals surface area contributed by atoms with Crippen LogP contribution in [-0.2, 0) is 10.0 Å². The van der Waals surface area contributed by atoms with Crippen molar-refractivity contribution in [2.45, 2.75) is 11.0 Å². The SMILES string of the molecule is C[NH+](C)CC(O)CN(c1cccc([N+](=O)[O-])c1)S(=O)(=O)c1ccccc1. The van der Waals surface area contributed by atoms with Gasteiger partial charge in [-0.25, -0.2) is 8.42 Å². The van der Waals surface area contributed by atoms with Gasteiger partial charge < -0.3 is 10.0 Å². The Kier molecular flexibility index (Phi) is 6.30. The summed E-state index contributed by atoms with van der Waals surface area (Å²) >= 11 is 0. The van der Waals surface area contributed by atoms with Crippen LogP contribution in [0.25, 0.3) is 0 Å². The highest BCUT2D eigenvalue weighted by atomic mass is 32.2. The zero-order chi connectivity index (χ0) is 19.3. The van der Waals surface area contributed by atoms with E-state index < -0.39 is 21.1 Å². The van der Waals surface area contributed by atoms with Gasteiger partial charge in [-0.3, -0.25) is 14.4 Å².